The third kappa shape index (κ3) is 4.35. The number of rotatable bonds is 5. The Labute approximate surface area is 146 Å². The van der Waals surface area contributed by atoms with Crippen LogP contribution in [0.15, 0.2) is 30.3 Å². The molecule has 0 bridgehead atoms. The largest absolute Gasteiger partial charge is 0.534 e. The third-order valence-electron chi connectivity index (χ3n) is 3.16. The maximum Gasteiger partial charge on any atom is 0.534 e. The molecule has 25 heavy (non-hydrogen) atoms. The number of hydrogen-bond acceptors (Lipinski definition) is 5. The van der Waals surface area contributed by atoms with Crippen LogP contribution in [-0.4, -0.2) is 26.5 Å². The summed E-state index contributed by atoms with van der Waals surface area (Å²) >= 11 is 6.06. The van der Waals surface area contributed by atoms with Gasteiger partial charge in [-0.3, -0.25) is 4.79 Å². The van der Waals surface area contributed by atoms with Gasteiger partial charge in [0.25, 0.3) is 0 Å². The van der Waals surface area contributed by atoms with Gasteiger partial charge in [0, 0.05) is 5.02 Å². The molecule has 5 nitrogen and oxygen atoms in total. The van der Waals surface area contributed by atoms with E-state index in [1.807, 2.05) is 0 Å². The quantitative estimate of drug-likeness (QED) is 0.436. The molecule has 0 aliphatic carbocycles. The zero-order valence-electron chi connectivity index (χ0n) is 12.8. The van der Waals surface area contributed by atoms with Crippen molar-refractivity contribution in [2.45, 2.75) is 18.9 Å². The Morgan fingerprint density at radius 3 is 2.44 bits per heavy atom. The molecule has 0 radical (unpaired) electrons. The highest BCUT2D eigenvalue weighted by atomic mass is 35.5. The molecule has 2 rings (SSSR count). The van der Waals surface area contributed by atoms with Crippen molar-refractivity contribution in [3.05, 3.63) is 40.9 Å². The monoisotopic (exact) mass is 396 g/mol. The van der Waals surface area contributed by atoms with Crippen molar-refractivity contribution >= 4 is 38.5 Å². The number of carbonyl (C=O) groups is 1. The van der Waals surface area contributed by atoms with Crippen molar-refractivity contribution in [3.8, 4) is 5.75 Å². The van der Waals surface area contributed by atoms with Crippen LogP contribution in [-0.2, 0) is 26.1 Å². The molecule has 0 aliphatic rings. The van der Waals surface area contributed by atoms with Gasteiger partial charge in [0.1, 0.15) is 5.75 Å². The number of esters is 1. The summed E-state index contributed by atoms with van der Waals surface area (Å²) in [6.07, 6.45) is -0.223. The van der Waals surface area contributed by atoms with Gasteiger partial charge in [-0.15, -0.1) is 0 Å². The first-order chi connectivity index (χ1) is 11.5. The molecule has 2 aromatic rings. The van der Waals surface area contributed by atoms with E-state index in [1.54, 1.807) is 13.0 Å². The van der Waals surface area contributed by atoms with E-state index in [-0.39, 0.29) is 23.4 Å². The molecule has 0 unspecified atom stereocenters. The Morgan fingerprint density at radius 1 is 1.20 bits per heavy atom. The van der Waals surface area contributed by atoms with Crippen LogP contribution in [0.1, 0.15) is 12.5 Å². The minimum Gasteiger partial charge on any atom is -0.466 e. The van der Waals surface area contributed by atoms with E-state index in [0.29, 0.717) is 10.9 Å². The fourth-order valence-corrected chi connectivity index (χ4v) is 2.78. The van der Waals surface area contributed by atoms with Gasteiger partial charge in [0.05, 0.1) is 13.0 Å². The number of ether oxygens (including phenoxy) is 1. The highest BCUT2D eigenvalue weighted by molar-refractivity contribution is 7.88. The van der Waals surface area contributed by atoms with Crippen molar-refractivity contribution < 1.29 is 35.3 Å². The second-order valence-corrected chi connectivity index (χ2v) is 6.82. The summed E-state index contributed by atoms with van der Waals surface area (Å²) in [5, 5.41) is 1.02. The lowest BCUT2D eigenvalue weighted by Crippen LogP contribution is -2.28. The van der Waals surface area contributed by atoms with Crippen LogP contribution < -0.4 is 4.18 Å². The summed E-state index contributed by atoms with van der Waals surface area (Å²) < 4.78 is 68.5. The SMILES string of the molecule is CCOC(=O)Cc1c(Cl)ccc2ccc(OS(=O)(=O)C(F)(F)F)cc12. The third-order valence-corrected chi connectivity index (χ3v) is 4.50. The first-order valence-corrected chi connectivity index (χ1v) is 8.71. The fraction of sp³-hybridized carbons (Fsp3) is 0.267. The number of carbonyl (C=O) groups excluding carboxylic acids is 1. The highest BCUT2D eigenvalue weighted by Gasteiger charge is 2.48. The van der Waals surface area contributed by atoms with E-state index in [2.05, 4.69) is 4.18 Å². The number of halogens is 4. The molecule has 0 aliphatic heterocycles. The Hall–Kier alpha value is -2.00. The number of benzene rings is 2. The van der Waals surface area contributed by atoms with Crippen LogP contribution in [0.3, 0.4) is 0 Å². The molecule has 0 atom stereocenters. The molecule has 2 aromatic carbocycles. The van der Waals surface area contributed by atoms with E-state index < -0.39 is 27.3 Å². The van der Waals surface area contributed by atoms with Crippen molar-refractivity contribution in [2.24, 2.45) is 0 Å². The van der Waals surface area contributed by atoms with Gasteiger partial charge in [-0.1, -0.05) is 23.7 Å². The van der Waals surface area contributed by atoms with Gasteiger partial charge >= 0.3 is 21.6 Å². The lowest BCUT2D eigenvalue weighted by molar-refractivity contribution is -0.142. The zero-order valence-corrected chi connectivity index (χ0v) is 14.3. The zero-order chi connectivity index (χ0) is 18.8. The summed E-state index contributed by atoms with van der Waals surface area (Å²) in [7, 11) is -5.80. The van der Waals surface area contributed by atoms with E-state index >= 15 is 0 Å². The molecular formula is C15H12ClF3O5S. The fourth-order valence-electron chi connectivity index (χ4n) is 2.10. The highest BCUT2D eigenvalue weighted by Crippen LogP contribution is 2.32. The van der Waals surface area contributed by atoms with Crippen molar-refractivity contribution in [1.29, 1.82) is 0 Å². The molecule has 0 amide bonds. The average molecular weight is 397 g/mol. The number of hydrogen-bond donors (Lipinski definition) is 0. The first kappa shape index (κ1) is 19.3. The van der Waals surface area contributed by atoms with Crippen LogP contribution in [0.4, 0.5) is 13.2 Å². The minimum absolute atomic E-state index is 0.152. The smallest absolute Gasteiger partial charge is 0.466 e. The summed E-state index contributed by atoms with van der Waals surface area (Å²) in [5.74, 6) is -1.12. The second kappa shape index (κ2) is 7.09. The van der Waals surface area contributed by atoms with Crippen LogP contribution >= 0.6 is 11.6 Å². The summed E-state index contributed by atoms with van der Waals surface area (Å²) in [6, 6.07) is 6.62. The summed E-state index contributed by atoms with van der Waals surface area (Å²) in [6.45, 7) is 1.77. The number of fused-ring (bicyclic) bond motifs is 1. The Bertz CT molecular complexity index is 909. The molecule has 0 saturated heterocycles. The lowest BCUT2D eigenvalue weighted by Gasteiger charge is -2.12. The van der Waals surface area contributed by atoms with Crippen LogP contribution in [0.2, 0.25) is 5.02 Å². The number of alkyl halides is 3. The molecule has 0 fully saturated rings. The molecule has 10 heteroatoms. The molecule has 0 heterocycles. The lowest BCUT2D eigenvalue weighted by atomic mass is 10.0. The molecule has 136 valence electrons. The van der Waals surface area contributed by atoms with Gasteiger partial charge < -0.3 is 8.92 Å². The topological polar surface area (TPSA) is 69.7 Å². The van der Waals surface area contributed by atoms with Gasteiger partial charge in [-0.2, -0.15) is 21.6 Å². The van der Waals surface area contributed by atoms with Gasteiger partial charge in [-0.05, 0) is 41.5 Å². The standard InChI is InChI=1S/C15H12ClF3O5S/c1-2-23-14(20)8-12-11-7-10(24-25(21,22)15(17,18)19)5-3-9(11)4-6-13(12)16/h3-7H,2,8H2,1H3. The average Bonchev–Trinajstić information content (AvgIpc) is 2.49. The van der Waals surface area contributed by atoms with Crippen molar-refractivity contribution in [2.75, 3.05) is 6.61 Å². The molecular weight excluding hydrogens is 385 g/mol. The maximum absolute atomic E-state index is 12.4. The molecule has 0 saturated carbocycles. The van der Waals surface area contributed by atoms with Crippen molar-refractivity contribution in [3.63, 3.8) is 0 Å². The molecule has 0 aromatic heterocycles. The van der Waals surface area contributed by atoms with Crippen LogP contribution in [0.25, 0.3) is 10.8 Å². The second-order valence-electron chi connectivity index (χ2n) is 4.87. The summed E-state index contributed by atoms with van der Waals surface area (Å²) in [5.41, 5.74) is -5.25. The van der Waals surface area contributed by atoms with Gasteiger partial charge in [0.15, 0.2) is 0 Å². The normalized spacial score (nSPS) is 12.2. The van der Waals surface area contributed by atoms with E-state index in [0.717, 1.165) is 12.1 Å². The summed E-state index contributed by atoms with van der Waals surface area (Å²) in [4.78, 5) is 11.7. The maximum atomic E-state index is 12.4. The predicted octanol–water partition coefficient (Wildman–Crippen LogP) is 3.83. The first-order valence-electron chi connectivity index (χ1n) is 6.92. The van der Waals surface area contributed by atoms with Gasteiger partial charge in [0.2, 0.25) is 0 Å². The molecule has 0 spiro atoms. The Morgan fingerprint density at radius 2 is 1.84 bits per heavy atom. The predicted molar refractivity (Wildman–Crippen MR) is 84.9 cm³/mol. The Kier molecular flexibility index (Phi) is 5.48. The van der Waals surface area contributed by atoms with Crippen LogP contribution in [0, 0.1) is 0 Å². The Balaban J connectivity index is 2.49. The van der Waals surface area contributed by atoms with E-state index in [1.165, 1.54) is 12.1 Å². The van der Waals surface area contributed by atoms with E-state index in [9.17, 15) is 26.4 Å². The van der Waals surface area contributed by atoms with Crippen molar-refractivity contribution in [1.82, 2.24) is 0 Å². The minimum atomic E-state index is -5.80. The molecule has 0 N–H and O–H groups in total. The van der Waals surface area contributed by atoms with E-state index in [4.69, 9.17) is 16.3 Å². The van der Waals surface area contributed by atoms with Gasteiger partial charge in [-0.25, -0.2) is 0 Å². The van der Waals surface area contributed by atoms with Crippen LogP contribution in [0.5, 0.6) is 5.75 Å².